The molecule has 0 aliphatic carbocycles. The molecule has 1 aliphatic rings. The molecule has 3 N–H and O–H groups in total. The number of amides is 2. The van der Waals surface area contributed by atoms with Crippen LogP contribution in [0.1, 0.15) is 15.9 Å². The third-order valence-corrected chi connectivity index (χ3v) is 6.71. The molecule has 1 atom stereocenters. The number of ether oxygens (including phenoxy) is 2. The Balaban J connectivity index is 1.47. The molecule has 2 amide bonds. The number of nitrogens with two attached hydrogens (primary N) is 1. The van der Waals surface area contributed by atoms with E-state index in [2.05, 4.69) is 15.4 Å². The van der Waals surface area contributed by atoms with Crippen LogP contribution in [0.2, 0.25) is 10.0 Å². The maximum absolute atomic E-state index is 13.6. The lowest BCUT2D eigenvalue weighted by Crippen LogP contribution is -2.61. The number of halogens is 2. The Morgan fingerprint density at radius 2 is 1.82 bits per heavy atom. The zero-order valence-electron chi connectivity index (χ0n) is 20.0. The van der Waals surface area contributed by atoms with E-state index in [-0.39, 0.29) is 31.0 Å². The summed E-state index contributed by atoms with van der Waals surface area (Å²) in [7, 11) is 0. The Hall–Kier alpha value is -3.76. The second kappa shape index (κ2) is 10.9. The molecule has 1 aliphatic heterocycles. The Kier molecular flexibility index (Phi) is 7.44. The number of nitrogens with zero attached hydrogens (tertiary/aromatic N) is 3. The van der Waals surface area contributed by atoms with Crippen LogP contribution in [0, 0.1) is 0 Å². The monoisotopic (exact) mass is 551 g/mol. The number of hydrogen-bond donors (Lipinski definition) is 2. The van der Waals surface area contributed by atoms with Gasteiger partial charge in [0.15, 0.2) is 5.82 Å². The number of carbonyl (C=O) groups is 2. The van der Waals surface area contributed by atoms with Gasteiger partial charge in [0.25, 0.3) is 17.6 Å². The molecule has 3 heterocycles. The molecule has 0 saturated carbocycles. The molecular weight excluding hydrogens is 529 g/mol. The average Bonchev–Trinajstić information content (AvgIpc) is 3.62. The molecule has 0 bridgehead atoms. The van der Waals surface area contributed by atoms with Crippen molar-refractivity contribution >= 4 is 35.0 Å². The molecule has 2 aromatic carbocycles. The first kappa shape index (κ1) is 25.9. The summed E-state index contributed by atoms with van der Waals surface area (Å²) >= 11 is 12.5. The summed E-state index contributed by atoms with van der Waals surface area (Å²) in [5, 5.41) is 8.47. The normalized spacial score (nSPS) is 15.2. The van der Waals surface area contributed by atoms with Crippen molar-refractivity contribution in [1.29, 1.82) is 0 Å². The van der Waals surface area contributed by atoms with Gasteiger partial charge in [-0.25, -0.2) is 9.67 Å². The first-order valence-corrected chi connectivity index (χ1v) is 12.5. The van der Waals surface area contributed by atoms with Gasteiger partial charge < -0.3 is 20.5 Å². The molecule has 1 saturated heterocycles. The van der Waals surface area contributed by atoms with Gasteiger partial charge in [-0.1, -0.05) is 53.5 Å². The molecular formula is C27H23Cl2N5O4. The molecule has 0 spiro atoms. The van der Waals surface area contributed by atoms with Crippen molar-refractivity contribution in [2.45, 2.75) is 18.2 Å². The molecule has 1 fully saturated rings. The predicted molar refractivity (Wildman–Crippen MR) is 142 cm³/mol. The lowest BCUT2D eigenvalue weighted by Gasteiger charge is -2.33. The highest BCUT2D eigenvalue weighted by Crippen LogP contribution is 2.30. The van der Waals surface area contributed by atoms with Gasteiger partial charge in [0, 0.05) is 23.0 Å². The maximum atomic E-state index is 13.6. The van der Waals surface area contributed by atoms with E-state index in [0.717, 1.165) is 5.56 Å². The van der Waals surface area contributed by atoms with Crippen molar-refractivity contribution in [3.05, 3.63) is 100 Å². The fourth-order valence-corrected chi connectivity index (χ4v) is 4.73. The Morgan fingerprint density at radius 3 is 2.55 bits per heavy atom. The highest BCUT2D eigenvalue weighted by Gasteiger charge is 2.51. The quantitative estimate of drug-likeness (QED) is 0.343. The SMILES string of the molecule is NC(=O)C1(C(Cc2ccccc2)NC(=O)c2cccnc2-n2ccc(-c3cc(Cl)ccc3Cl)n2)OCCO1. The van der Waals surface area contributed by atoms with Crippen LogP contribution >= 0.6 is 23.2 Å². The second-order valence-corrected chi connectivity index (χ2v) is 9.43. The second-order valence-electron chi connectivity index (χ2n) is 8.59. The molecule has 0 radical (unpaired) electrons. The summed E-state index contributed by atoms with van der Waals surface area (Å²) in [6, 6.07) is 18.5. The van der Waals surface area contributed by atoms with E-state index in [0.29, 0.717) is 21.3 Å². The highest BCUT2D eigenvalue weighted by molar-refractivity contribution is 6.35. The lowest BCUT2D eigenvalue weighted by molar-refractivity contribution is -0.189. The van der Waals surface area contributed by atoms with E-state index < -0.39 is 23.6 Å². The summed E-state index contributed by atoms with van der Waals surface area (Å²) in [5.74, 6) is -2.87. The number of primary amides is 1. The van der Waals surface area contributed by atoms with Crippen LogP contribution in [0.15, 0.2) is 79.1 Å². The molecule has 1 unspecified atom stereocenters. The summed E-state index contributed by atoms with van der Waals surface area (Å²) in [6.45, 7) is 0.342. The number of benzene rings is 2. The maximum Gasteiger partial charge on any atom is 0.280 e. The molecule has 194 valence electrons. The molecule has 11 heteroatoms. The summed E-state index contributed by atoms with van der Waals surface area (Å²) in [6.07, 6.45) is 3.46. The van der Waals surface area contributed by atoms with E-state index >= 15 is 0 Å². The minimum Gasteiger partial charge on any atom is -0.365 e. The van der Waals surface area contributed by atoms with Crippen LogP contribution in [0.4, 0.5) is 0 Å². The van der Waals surface area contributed by atoms with E-state index in [1.807, 2.05) is 30.3 Å². The van der Waals surface area contributed by atoms with Crippen LogP contribution in [-0.2, 0) is 20.7 Å². The molecule has 4 aromatic rings. The van der Waals surface area contributed by atoms with Gasteiger partial charge >= 0.3 is 0 Å². The Morgan fingerprint density at radius 1 is 1.05 bits per heavy atom. The largest absolute Gasteiger partial charge is 0.365 e. The van der Waals surface area contributed by atoms with Gasteiger partial charge in [0.1, 0.15) is 0 Å². The van der Waals surface area contributed by atoms with E-state index in [9.17, 15) is 9.59 Å². The van der Waals surface area contributed by atoms with Gasteiger partial charge in [-0.2, -0.15) is 5.10 Å². The van der Waals surface area contributed by atoms with Crippen molar-refractivity contribution < 1.29 is 19.1 Å². The average molecular weight is 552 g/mol. The molecule has 38 heavy (non-hydrogen) atoms. The van der Waals surface area contributed by atoms with Crippen LogP contribution in [0.3, 0.4) is 0 Å². The fraction of sp³-hybridized carbons (Fsp3) is 0.185. The zero-order chi connectivity index (χ0) is 26.7. The van der Waals surface area contributed by atoms with Gasteiger partial charge in [-0.15, -0.1) is 0 Å². The summed E-state index contributed by atoms with van der Waals surface area (Å²) in [4.78, 5) is 30.6. The zero-order valence-corrected chi connectivity index (χ0v) is 21.5. The molecule has 5 rings (SSSR count). The Labute approximate surface area is 228 Å². The minimum absolute atomic E-state index is 0.171. The summed E-state index contributed by atoms with van der Waals surface area (Å²) in [5.41, 5.74) is 7.99. The predicted octanol–water partition coefficient (Wildman–Crippen LogP) is 3.81. The first-order chi connectivity index (χ1) is 18.4. The van der Waals surface area contributed by atoms with Crippen molar-refractivity contribution in [3.63, 3.8) is 0 Å². The number of rotatable bonds is 8. The first-order valence-electron chi connectivity index (χ1n) is 11.8. The number of aromatic nitrogens is 3. The molecule has 2 aromatic heterocycles. The third kappa shape index (κ3) is 5.14. The number of carbonyl (C=O) groups excluding carboxylic acids is 2. The highest BCUT2D eigenvalue weighted by atomic mass is 35.5. The van der Waals surface area contributed by atoms with Gasteiger partial charge in [0.2, 0.25) is 0 Å². The topological polar surface area (TPSA) is 121 Å². The van der Waals surface area contributed by atoms with Crippen LogP contribution < -0.4 is 11.1 Å². The fourth-order valence-electron chi connectivity index (χ4n) is 4.35. The van der Waals surface area contributed by atoms with Crippen LogP contribution in [0.5, 0.6) is 0 Å². The van der Waals surface area contributed by atoms with Crippen molar-refractivity contribution in [3.8, 4) is 17.1 Å². The van der Waals surface area contributed by atoms with Gasteiger partial charge in [-0.05, 0) is 48.4 Å². The Bertz CT molecular complexity index is 1470. The van der Waals surface area contributed by atoms with E-state index in [1.54, 1.807) is 48.8 Å². The number of hydrogen-bond acceptors (Lipinski definition) is 6. The summed E-state index contributed by atoms with van der Waals surface area (Å²) < 4.78 is 12.9. The number of nitrogens with one attached hydrogen (secondary N) is 1. The molecule has 9 nitrogen and oxygen atoms in total. The van der Waals surface area contributed by atoms with Crippen molar-refractivity contribution in [2.75, 3.05) is 13.2 Å². The third-order valence-electron chi connectivity index (χ3n) is 6.15. The lowest BCUT2D eigenvalue weighted by atomic mass is 9.97. The number of pyridine rings is 1. The van der Waals surface area contributed by atoms with Gasteiger partial charge in [0.05, 0.1) is 35.5 Å². The smallest absolute Gasteiger partial charge is 0.280 e. The van der Waals surface area contributed by atoms with Crippen LogP contribution in [-0.4, -0.2) is 51.6 Å². The van der Waals surface area contributed by atoms with Crippen molar-refractivity contribution in [1.82, 2.24) is 20.1 Å². The van der Waals surface area contributed by atoms with Gasteiger partial charge in [-0.3, -0.25) is 9.59 Å². The minimum atomic E-state index is -1.81. The van der Waals surface area contributed by atoms with Crippen LogP contribution in [0.25, 0.3) is 17.1 Å². The van der Waals surface area contributed by atoms with Crippen molar-refractivity contribution in [2.24, 2.45) is 5.73 Å². The van der Waals surface area contributed by atoms with E-state index in [4.69, 9.17) is 38.4 Å². The van der Waals surface area contributed by atoms with E-state index in [1.165, 1.54) is 4.68 Å². The standard InChI is InChI=1S/C27H23Cl2N5O4/c28-18-8-9-21(29)20(16-18)22-10-12-34(33-22)24-19(7-4-11-31-24)25(35)32-23(15-17-5-2-1-3-6-17)27(26(30)36)37-13-14-38-27/h1-12,16,23H,13-15H2,(H2,30,36)(H,32,35).